The van der Waals surface area contributed by atoms with E-state index in [1.165, 1.54) is 12.1 Å². The molecule has 3 atom stereocenters. The Balaban J connectivity index is 1.48. The van der Waals surface area contributed by atoms with E-state index in [2.05, 4.69) is 44.2 Å². The molecule has 1 unspecified atom stereocenters. The molecule has 2 fully saturated rings. The number of carbonyl (C=O) groups is 2. The zero-order chi connectivity index (χ0) is 32.8. The molecule has 1 aromatic carbocycles. The second-order valence-corrected chi connectivity index (χ2v) is 12.3. The highest BCUT2D eigenvalue weighted by molar-refractivity contribution is 6.34. The smallest absolute Gasteiger partial charge is 0.368 e. The van der Waals surface area contributed by atoms with Gasteiger partial charge in [0.05, 0.1) is 11.9 Å². The van der Waals surface area contributed by atoms with E-state index in [0.717, 1.165) is 38.1 Å². The van der Waals surface area contributed by atoms with Crippen molar-refractivity contribution in [3.8, 4) is 0 Å². The molecule has 5 rings (SSSR count). The highest BCUT2D eigenvalue weighted by Crippen LogP contribution is 2.50. The van der Waals surface area contributed by atoms with Gasteiger partial charge in [0.25, 0.3) is 11.6 Å². The predicted molar refractivity (Wildman–Crippen MR) is 162 cm³/mol. The number of urea groups is 1. The summed E-state index contributed by atoms with van der Waals surface area (Å²) >= 11 is 6.39. The molecule has 11 nitrogen and oxygen atoms in total. The molecule has 1 aromatic heterocycles. The first kappa shape index (κ1) is 32.7. The van der Waals surface area contributed by atoms with Gasteiger partial charge in [-0.3, -0.25) is 14.6 Å². The van der Waals surface area contributed by atoms with Gasteiger partial charge in [-0.25, -0.2) is 13.9 Å². The first-order chi connectivity index (χ1) is 21.1. The van der Waals surface area contributed by atoms with Crippen LogP contribution in [0.4, 0.5) is 28.0 Å². The molecule has 3 aliphatic heterocycles. The molecule has 0 aliphatic carbocycles. The number of carbonyl (C=O) groups excluding carboxylic acids is 2. The van der Waals surface area contributed by atoms with Crippen LogP contribution in [0.2, 0.25) is 0 Å². The number of piperazine rings is 1. The van der Waals surface area contributed by atoms with Crippen molar-refractivity contribution >= 4 is 40.6 Å². The van der Waals surface area contributed by atoms with Crippen LogP contribution in [0.25, 0.3) is 11.4 Å². The SMILES string of the molecule is C[C@@H]1CN(c2ccc(C3=CC(F)(C(F)(F)F)C(n4cc(C(=O)NC5CCN(C)CC5)nn4)=C(Cl)N3C(N)=O)cc2)C[C@H](C)N1C. The largest absolute Gasteiger partial charge is 0.432 e. The van der Waals surface area contributed by atoms with Crippen LogP contribution in [-0.2, 0) is 0 Å². The van der Waals surface area contributed by atoms with Gasteiger partial charge in [0.15, 0.2) is 5.69 Å². The van der Waals surface area contributed by atoms with Gasteiger partial charge < -0.3 is 20.9 Å². The fourth-order valence-corrected chi connectivity index (χ4v) is 6.33. The molecule has 2 saturated heterocycles. The van der Waals surface area contributed by atoms with Crippen LogP contribution in [0, 0.1) is 0 Å². The van der Waals surface area contributed by atoms with E-state index < -0.39 is 40.3 Å². The first-order valence-corrected chi connectivity index (χ1v) is 15.0. The van der Waals surface area contributed by atoms with E-state index in [4.69, 9.17) is 17.3 Å². The van der Waals surface area contributed by atoms with Crippen molar-refractivity contribution in [2.75, 3.05) is 45.2 Å². The molecule has 244 valence electrons. The van der Waals surface area contributed by atoms with Crippen molar-refractivity contribution in [2.45, 2.75) is 56.7 Å². The van der Waals surface area contributed by atoms with Crippen molar-refractivity contribution in [3.05, 3.63) is 53.0 Å². The molecular formula is C29H36ClF4N9O2. The molecule has 0 bridgehead atoms. The lowest BCUT2D eigenvalue weighted by molar-refractivity contribution is -0.193. The summed E-state index contributed by atoms with van der Waals surface area (Å²) < 4.78 is 60.6. The van der Waals surface area contributed by atoms with E-state index in [9.17, 15) is 22.8 Å². The number of likely N-dealkylation sites (tertiary alicyclic amines) is 1. The van der Waals surface area contributed by atoms with Gasteiger partial charge in [0, 0.05) is 36.9 Å². The third kappa shape index (κ3) is 6.25. The number of aromatic nitrogens is 3. The maximum Gasteiger partial charge on any atom is 0.432 e. The number of amides is 3. The molecule has 0 radical (unpaired) electrons. The lowest BCUT2D eigenvalue weighted by Gasteiger charge is -2.43. The summed E-state index contributed by atoms with van der Waals surface area (Å²) in [5.74, 6) is -0.688. The van der Waals surface area contributed by atoms with E-state index in [0.29, 0.717) is 22.4 Å². The standard InChI is InChI=1S/C29H36ClF4N9O2/c1-17-14-41(15-18(2)40(17)4)21-7-5-19(6-8-21)23-13-28(31,29(32,33)34)24(25(30)43(23)27(35)45)42-16-22(37-38-42)26(44)36-20-9-11-39(3)12-10-20/h5-8,13,16-18,20H,9-12,14-15H2,1-4H3,(H2,35,45)(H,36,44)/t17-,18+,28?. The van der Waals surface area contributed by atoms with Crippen molar-refractivity contribution < 1.29 is 27.2 Å². The number of rotatable bonds is 5. The van der Waals surface area contributed by atoms with Crippen LogP contribution in [0.5, 0.6) is 0 Å². The average Bonchev–Trinajstić information content (AvgIpc) is 3.45. The van der Waals surface area contributed by atoms with Gasteiger partial charge >= 0.3 is 12.2 Å². The fraction of sp³-hybridized carbons (Fsp3) is 0.517. The van der Waals surface area contributed by atoms with Gasteiger partial charge in [-0.05, 0) is 77.6 Å². The first-order valence-electron chi connectivity index (χ1n) is 14.6. The maximum absolute atomic E-state index is 16.4. The maximum atomic E-state index is 16.4. The van der Waals surface area contributed by atoms with Crippen LogP contribution in [0.3, 0.4) is 0 Å². The summed E-state index contributed by atoms with van der Waals surface area (Å²) in [5.41, 5.74) is 0.111. The number of hydrogen-bond acceptors (Lipinski definition) is 7. The fourth-order valence-electron chi connectivity index (χ4n) is 5.94. The molecular weight excluding hydrogens is 618 g/mol. The minimum Gasteiger partial charge on any atom is -0.368 e. The number of alkyl halides is 4. The van der Waals surface area contributed by atoms with Gasteiger partial charge in [0.2, 0.25) is 0 Å². The highest BCUT2D eigenvalue weighted by Gasteiger charge is 2.62. The third-order valence-electron chi connectivity index (χ3n) is 8.84. The van der Waals surface area contributed by atoms with Gasteiger partial charge in [-0.15, -0.1) is 5.10 Å². The Morgan fingerprint density at radius 1 is 1.07 bits per heavy atom. The molecule has 4 heterocycles. The summed E-state index contributed by atoms with van der Waals surface area (Å²) in [5, 5.41) is 9.07. The van der Waals surface area contributed by atoms with Crippen LogP contribution in [0.1, 0.15) is 42.7 Å². The van der Waals surface area contributed by atoms with Crippen LogP contribution >= 0.6 is 11.6 Å². The summed E-state index contributed by atoms with van der Waals surface area (Å²) in [6.07, 6.45) is -3.12. The number of anilines is 1. The van der Waals surface area contributed by atoms with E-state index in [-0.39, 0.29) is 35.5 Å². The number of hydrogen-bond donors (Lipinski definition) is 2. The molecule has 45 heavy (non-hydrogen) atoms. The number of likely N-dealkylation sites (N-methyl/N-ethyl adjacent to an activating group) is 1. The highest BCUT2D eigenvalue weighted by atomic mass is 35.5. The number of primary amides is 1. The second kappa shape index (κ2) is 12.2. The Bertz CT molecular complexity index is 1490. The lowest BCUT2D eigenvalue weighted by Crippen LogP contribution is -2.55. The topological polar surface area (TPSA) is 116 Å². The molecule has 0 spiro atoms. The van der Waals surface area contributed by atoms with E-state index in [1.54, 1.807) is 12.1 Å². The number of piperidine rings is 1. The monoisotopic (exact) mass is 653 g/mol. The minimum absolute atomic E-state index is 0.0769. The molecule has 3 N–H and O–H groups in total. The Morgan fingerprint density at radius 2 is 1.67 bits per heavy atom. The lowest BCUT2D eigenvalue weighted by atomic mass is 9.93. The van der Waals surface area contributed by atoms with Crippen LogP contribution < -0.4 is 16.0 Å². The number of nitrogens with one attached hydrogen (secondary N) is 1. The zero-order valence-electron chi connectivity index (χ0n) is 25.4. The Morgan fingerprint density at radius 3 is 2.22 bits per heavy atom. The van der Waals surface area contributed by atoms with Crippen molar-refractivity contribution in [1.29, 1.82) is 0 Å². The second-order valence-electron chi connectivity index (χ2n) is 12.0. The quantitative estimate of drug-likeness (QED) is 0.374. The van der Waals surface area contributed by atoms with E-state index >= 15 is 4.39 Å². The summed E-state index contributed by atoms with van der Waals surface area (Å²) in [6, 6.07) is 5.45. The number of allylic oxidation sites excluding steroid dienone is 2. The number of nitrogens with zero attached hydrogens (tertiary/aromatic N) is 7. The van der Waals surface area contributed by atoms with Gasteiger partial charge in [-0.1, -0.05) is 28.9 Å². The van der Waals surface area contributed by atoms with Crippen molar-refractivity contribution in [3.63, 3.8) is 0 Å². The summed E-state index contributed by atoms with van der Waals surface area (Å²) in [4.78, 5) is 32.5. The van der Waals surface area contributed by atoms with E-state index in [1.807, 2.05) is 14.1 Å². The normalized spacial score (nSPS) is 25.8. The number of halogens is 5. The Labute approximate surface area is 263 Å². The zero-order valence-corrected chi connectivity index (χ0v) is 26.1. The molecule has 3 aliphatic rings. The van der Waals surface area contributed by atoms with Crippen molar-refractivity contribution in [2.24, 2.45) is 5.73 Å². The summed E-state index contributed by atoms with van der Waals surface area (Å²) in [7, 11) is 4.00. The Kier molecular flexibility index (Phi) is 8.90. The predicted octanol–water partition coefficient (Wildman–Crippen LogP) is 3.70. The molecule has 2 aromatic rings. The summed E-state index contributed by atoms with van der Waals surface area (Å²) in [6.45, 7) is 7.16. The van der Waals surface area contributed by atoms with Gasteiger partial charge in [0.1, 0.15) is 10.9 Å². The van der Waals surface area contributed by atoms with Crippen LogP contribution in [0.15, 0.2) is 41.7 Å². The molecule has 16 heteroatoms. The number of benzene rings is 1. The minimum atomic E-state index is -5.55. The van der Waals surface area contributed by atoms with Gasteiger partial charge in [-0.2, -0.15) is 13.2 Å². The number of nitrogens with two attached hydrogens (primary N) is 1. The molecule has 3 amide bonds. The van der Waals surface area contributed by atoms with Crippen molar-refractivity contribution in [1.82, 2.24) is 35.0 Å². The Hall–Kier alpha value is -3.69. The third-order valence-corrected chi connectivity index (χ3v) is 9.19. The molecule has 0 saturated carbocycles. The average molecular weight is 654 g/mol. The van der Waals surface area contributed by atoms with Crippen LogP contribution in [-0.4, -0.2) is 112 Å².